The van der Waals surface area contributed by atoms with E-state index in [-0.39, 0.29) is 6.71 Å². The number of nitrogens with zero attached hydrogens (tertiary/aromatic N) is 4. The van der Waals surface area contributed by atoms with Crippen LogP contribution in [0.15, 0.2) is 140 Å². The van der Waals surface area contributed by atoms with Crippen molar-refractivity contribution in [1.82, 2.24) is 18.7 Å². The van der Waals surface area contributed by atoms with Crippen molar-refractivity contribution < 1.29 is 0 Å². The van der Waals surface area contributed by atoms with Gasteiger partial charge in [0, 0.05) is 61.8 Å². The fourth-order valence-corrected chi connectivity index (χ4v) is 9.05. The molecule has 210 valence electrons. The van der Waals surface area contributed by atoms with Crippen molar-refractivity contribution in [3.05, 3.63) is 140 Å². The summed E-state index contributed by atoms with van der Waals surface area (Å²) in [6.45, 7) is 0.0572. The molecule has 2 aliphatic rings. The molecule has 0 saturated heterocycles. The lowest BCUT2D eigenvalue weighted by Crippen LogP contribution is -2.59. The van der Waals surface area contributed by atoms with Gasteiger partial charge in [-0.15, -0.1) is 0 Å². The Bertz CT molecular complexity index is 2980. The first-order valence-electron chi connectivity index (χ1n) is 15.9. The van der Waals surface area contributed by atoms with Crippen LogP contribution in [0.1, 0.15) is 0 Å². The summed E-state index contributed by atoms with van der Waals surface area (Å²) in [7, 11) is 0. The van der Waals surface area contributed by atoms with Crippen LogP contribution < -0.4 is 16.4 Å². The molecule has 0 radical (unpaired) electrons. The molecule has 12 rings (SSSR count). The smallest absolute Gasteiger partial charge is 0.254 e. The molecule has 4 aromatic heterocycles. The van der Waals surface area contributed by atoms with Crippen LogP contribution >= 0.6 is 0 Å². The van der Waals surface area contributed by atoms with Crippen molar-refractivity contribution in [2.75, 3.05) is 0 Å². The highest BCUT2D eigenvalue weighted by molar-refractivity contribution is 7.00. The molecule has 5 heteroatoms. The lowest BCUT2D eigenvalue weighted by molar-refractivity contribution is 1.14. The Labute approximate surface area is 263 Å². The minimum Gasteiger partial charge on any atom is -0.310 e. The Balaban J connectivity index is 1.36. The highest BCUT2D eigenvalue weighted by atomic mass is 15.0. The minimum absolute atomic E-state index is 0.0572. The minimum atomic E-state index is 0.0572. The molecule has 0 spiro atoms. The molecule has 0 bridgehead atoms. The van der Waals surface area contributed by atoms with E-state index in [4.69, 9.17) is 4.98 Å². The topological polar surface area (TPSA) is 27.7 Å². The van der Waals surface area contributed by atoms with E-state index in [9.17, 15) is 0 Å². The Morgan fingerprint density at radius 2 is 1.04 bits per heavy atom. The van der Waals surface area contributed by atoms with Crippen molar-refractivity contribution >= 4 is 88.5 Å². The summed E-state index contributed by atoms with van der Waals surface area (Å²) < 4.78 is 7.52. The van der Waals surface area contributed by atoms with Crippen molar-refractivity contribution in [2.45, 2.75) is 0 Å². The SMILES string of the molecule is c1ccc(-n2c3ccccc3c3cc4c5c(c6ccccc6n5-c5cccc6c5B4c4cncc5c7ccccc7n-6c45)c32)cc1. The fraction of sp³-hybridized carbons (Fsp3) is 0. The molecule has 0 fully saturated rings. The number of pyridine rings is 1. The van der Waals surface area contributed by atoms with Gasteiger partial charge < -0.3 is 13.7 Å². The van der Waals surface area contributed by atoms with Gasteiger partial charge in [-0.05, 0) is 58.9 Å². The molecule has 0 unspecified atom stereocenters. The zero-order chi connectivity index (χ0) is 29.7. The first-order chi connectivity index (χ1) is 22.9. The van der Waals surface area contributed by atoms with E-state index < -0.39 is 0 Å². The van der Waals surface area contributed by atoms with Gasteiger partial charge in [0.25, 0.3) is 6.71 Å². The van der Waals surface area contributed by atoms with Crippen LogP contribution in [0.2, 0.25) is 0 Å². The van der Waals surface area contributed by atoms with E-state index in [0.29, 0.717) is 0 Å². The van der Waals surface area contributed by atoms with Gasteiger partial charge in [0.1, 0.15) is 0 Å². The molecule has 0 N–H and O–H groups in total. The highest BCUT2D eigenvalue weighted by Crippen LogP contribution is 2.43. The van der Waals surface area contributed by atoms with Crippen molar-refractivity contribution in [1.29, 1.82) is 0 Å². The second kappa shape index (κ2) is 7.95. The molecule has 0 aliphatic carbocycles. The molecule has 2 aliphatic heterocycles. The summed E-state index contributed by atoms with van der Waals surface area (Å²) in [5.74, 6) is 0. The highest BCUT2D eigenvalue weighted by Gasteiger charge is 2.41. The summed E-state index contributed by atoms with van der Waals surface area (Å²) in [6, 6.07) is 46.9. The molecule has 0 atom stereocenters. The molecule has 6 aromatic carbocycles. The number of hydrogen-bond donors (Lipinski definition) is 0. The lowest BCUT2D eigenvalue weighted by atomic mass is 9.34. The third-order valence-corrected chi connectivity index (χ3v) is 10.7. The van der Waals surface area contributed by atoms with E-state index in [1.807, 2.05) is 0 Å². The summed E-state index contributed by atoms with van der Waals surface area (Å²) in [4.78, 5) is 4.90. The van der Waals surface area contributed by atoms with Gasteiger partial charge in [0.15, 0.2) is 0 Å². The summed E-state index contributed by atoms with van der Waals surface area (Å²) in [5.41, 5.74) is 15.2. The number of hydrogen-bond acceptors (Lipinski definition) is 1. The molecular formula is C41H23BN4. The normalized spacial score (nSPS) is 13.2. The van der Waals surface area contributed by atoms with Gasteiger partial charge in [-0.2, -0.15) is 0 Å². The van der Waals surface area contributed by atoms with Crippen LogP contribution in [0, 0.1) is 0 Å². The first-order valence-corrected chi connectivity index (χ1v) is 15.9. The maximum atomic E-state index is 4.90. The Morgan fingerprint density at radius 1 is 0.435 bits per heavy atom. The van der Waals surface area contributed by atoms with Gasteiger partial charge in [-0.25, -0.2) is 0 Å². The lowest BCUT2D eigenvalue weighted by Gasteiger charge is -2.33. The molecular weight excluding hydrogens is 559 g/mol. The van der Waals surface area contributed by atoms with E-state index >= 15 is 0 Å². The molecule has 46 heavy (non-hydrogen) atoms. The van der Waals surface area contributed by atoms with Gasteiger partial charge in [-0.3, -0.25) is 4.98 Å². The van der Waals surface area contributed by atoms with E-state index in [2.05, 4.69) is 153 Å². The second-order valence-electron chi connectivity index (χ2n) is 12.7. The molecule has 0 amide bonds. The zero-order valence-corrected chi connectivity index (χ0v) is 24.6. The summed E-state index contributed by atoms with van der Waals surface area (Å²) in [6.07, 6.45) is 4.18. The average Bonchev–Trinajstić information content (AvgIpc) is 3.76. The molecule has 6 heterocycles. The Hall–Kier alpha value is -6.07. The predicted octanol–water partition coefficient (Wildman–Crippen LogP) is 7.52. The zero-order valence-electron chi connectivity index (χ0n) is 24.6. The molecule has 0 saturated carbocycles. The van der Waals surface area contributed by atoms with Crippen molar-refractivity contribution in [2.24, 2.45) is 0 Å². The van der Waals surface area contributed by atoms with E-state index in [0.717, 1.165) is 0 Å². The third kappa shape index (κ3) is 2.53. The second-order valence-corrected chi connectivity index (χ2v) is 12.7. The van der Waals surface area contributed by atoms with Crippen molar-refractivity contribution in [3.63, 3.8) is 0 Å². The fourth-order valence-electron chi connectivity index (χ4n) is 9.05. The summed E-state index contributed by atoms with van der Waals surface area (Å²) >= 11 is 0. The predicted molar refractivity (Wildman–Crippen MR) is 192 cm³/mol. The number of fused-ring (bicyclic) bond motifs is 14. The van der Waals surface area contributed by atoms with Crippen LogP contribution in [0.25, 0.3) is 82.5 Å². The van der Waals surface area contributed by atoms with Crippen LogP contribution in [-0.2, 0) is 0 Å². The van der Waals surface area contributed by atoms with Gasteiger partial charge in [0.05, 0.1) is 33.1 Å². The summed E-state index contributed by atoms with van der Waals surface area (Å²) in [5, 5.41) is 7.62. The largest absolute Gasteiger partial charge is 0.310 e. The van der Waals surface area contributed by atoms with Crippen LogP contribution in [0.5, 0.6) is 0 Å². The van der Waals surface area contributed by atoms with E-state index in [1.54, 1.807) is 0 Å². The van der Waals surface area contributed by atoms with E-state index in [1.165, 1.54) is 98.9 Å². The number of aromatic nitrogens is 4. The molecule has 10 aromatic rings. The van der Waals surface area contributed by atoms with Crippen LogP contribution in [0.3, 0.4) is 0 Å². The van der Waals surface area contributed by atoms with Gasteiger partial charge in [0.2, 0.25) is 0 Å². The third-order valence-electron chi connectivity index (χ3n) is 10.7. The first kappa shape index (κ1) is 23.3. The van der Waals surface area contributed by atoms with Crippen LogP contribution in [0.4, 0.5) is 0 Å². The van der Waals surface area contributed by atoms with Gasteiger partial charge >= 0.3 is 0 Å². The van der Waals surface area contributed by atoms with Crippen molar-refractivity contribution in [3.8, 4) is 17.1 Å². The Kier molecular flexibility index (Phi) is 4.03. The maximum absolute atomic E-state index is 4.90. The standard InChI is InChI=1S/C41H23BN4/c1-2-11-24(12-3-1)44-32-16-7-4-13-25(32)28-21-30-41-37(40(28)44)27-15-6-9-18-34(27)46(41)36-20-10-19-35-38(36)42(30)31-23-43-22-29-26-14-5-8-17-33(26)45(35)39(29)31/h1-23H. The van der Waals surface area contributed by atoms with Crippen LogP contribution in [-0.4, -0.2) is 25.4 Å². The maximum Gasteiger partial charge on any atom is 0.254 e. The molecule has 4 nitrogen and oxygen atoms in total. The average molecular weight is 582 g/mol. The number of rotatable bonds is 1. The quantitative estimate of drug-likeness (QED) is 0.184. The Morgan fingerprint density at radius 3 is 1.80 bits per heavy atom. The number of para-hydroxylation sites is 4. The number of benzene rings is 6. The monoisotopic (exact) mass is 582 g/mol. The van der Waals surface area contributed by atoms with Gasteiger partial charge in [-0.1, -0.05) is 84.9 Å².